The molecule has 1 aliphatic heterocycles. The van der Waals surface area contributed by atoms with E-state index in [1.165, 1.54) is 25.1 Å². The van der Waals surface area contributed by atoms with E-state index in [1.807, 2.05) is 0 Å². The van der Waals surface area contributed by atoms with Gasteiger partial charge in [-0.2, -0.15) is 0 Å². The molecule has 0 saturated carbocycles. The molecule has 0 amide bonds. The van der Waals surface area contributed by atoms with E-state index in [0.717, 1.165) is 6.54 Å². The maximum atomic E-state index is 3.57. The number of nitrogens with zero attached hydrogens (tertiary/aromatic N) is 1. The lowest BCUT2D eigenvalue weighted by atomic mass is 10.1. The summed E-state index contributed by atoms with van der Waals surface area (Å²) in [5.41, 5.74) is 1.24. The molecule has 1 aromatic carbocycles. The molecule has 1 heterocycles. The van der Waals surface area contributed by atoms with E-state index in [0.29, 0.717) is 6.04 Å². The lowest BCUT2D eigenvalue weighted by Gasteiger charge is -2.30. The fourth-order valence-electron chi connectivity index (χ4n) is 2.05. The van der Waals surface area contributed by atoms with Crippen molar-refractivity contribution < 1.29 is 0 Å². The van der Waals surface area contributed by atoms with Crippen LogP contribution < -0.4 is 5.32 Å². The van der Waals surface area contributed by atoms with Crippen molar-refractivity contribution in [2.45, 2.75) is 18.9 Å². The van der Waals surface area contributed by atoms with Crippen LogP contribution in [0.15, 0.2) is 30.3 Å². The Kier molecular flexibility index (Phi) is 3.04. The summed E-state index contributed by atoms with van der Waals surface area (Å²) >= 11 is 0. The zero-order chi connectivity index (χ0) is 9.80. The van der Waals surface area contributed by atoms with Crippen molar-refractivity contribution in [1.29, 1.82) is 0 Å². The molecule has 1 atom stereocenters. The fourth-order valence-corrected chi connectivity index (χ4v) is 2.05. The van der Waals surface area contributed by atoms with Crippen molar-refractivity contribution in [2.24, 2.45) is 0 Å². The van der Waals surface area contributed by atoms with E-state index in [4.69, 9.17) is 0 Å². The molecule has 2 rings (SSSR count). The van der Waals surface area contributed by atoms with Gasteiger partial charge >= 0.3 is 0 Å². The number of rotatable bonds is 2. The number of hydrogen-bond donors (Lipinski definition) is 1. The minimum atomic E-state index is 0.621. The Morgan fingerprint density at radius 2 is 2.07 bits per heavy atom. The van der Waals surface area contributed by atoms with Crippen molar-refractivity contribution in [3.63, 3.8) is 0 Å². The molecule has 1 aliphatic rings. The number of para-hydroxylation sites is 1. The SMILES string of the molecule is CN1CCC[C@@H](Nc2ccccc2)C1. The first-order chi connectivity index (χ1) is 6.84. The molecule has 14 heavy (non-hydrogen) atoms. The lowest BCUT2D eigenvalue weighted by molar-refractivity contribution is 0.261. The molecule has 0 radical (unpaired) electrons. The second kappa shape index (κ2) is 4.47. The number of nitrogens with one attached hydrogen (secondary N) is 1. The Labute approximate surface area is 85.9 Å². The van der Waals surface area contributed by atoms with Crippen LogP contribution in [0.2, 0.25) is 0 Å². The Balaban J connectivity index is 1.91. The minimum Gasteiger partial charge on any atom is -0.381 e. The number of likely N-dealkylation sites (tertiary alicyclic amines) is 1. The molecule has 0 spiro atoms. The standard InChI is InChI=1S/C12H18N2/c1-14-9-5-8-12(10-14)13-11-6-3-2-4-7-11/h2-4,6-7,12-13H,5,8-10H2,1H3/t12-/m1/s1. The largest absolute Gasteiger partial charge is 0.381 e. The summed E-state index contributed by atoms with van der Waals surface area (Å²) in [6.45, 7) is 2.40. The van der Waals surface area contributed by atoms with Gasteiger partial charge in [-0.05, 0) is 38.6 Å². The first-order valence-electron chi connectivity index (χ1n) is 5.35. The highest BCUT2D eigenvalue weighted by Gasteiger charge is 2.16. The summed E-state index contributed by atoms with van der Waals surface area (Å²) in [7, 11) is 2.19. The molecule has 2 nitrogen and oxygen atoms in total. The lowest BCUT2D eigenvalue weighted by Crippen LogP contribution is -2.39. The summed E-state index contributed by atoms with van der Waals surface area (Å²) in [4.78, 5) is 2.39. The molecule has 1 saturated heterocycles. The van der Waals surface area contributed by atoms with Gasteiger partial charge in [-0.15, -0.1) is 0 Å². The first kappa shape index (κ1) is 9.53. The van der Waals surface area contributed by atoms with Gasteiger partial charge in [-0.25, -0.2) is 0 Å². The molecule has 76 valence electrons. The van der Waals surface area contributed by atoms with Crippen molar-refractivity contribution in [1.82, 2.24) is 4.90 Å². The zero-order valence-electron chi connectivity index (χ0n) is 8.74. The molecular weight excluding hydrogens is 172 g/mol. The number of piperidine rings is 1. The number of hydrogen-bond acceptors (Lipinski definition) is 2. The van der Waals surface area contributed by atoms with Crippen LogP contribution in [0.5, 0.6) is 0 Å². The summed E-state index contributed by atoms with van der Waals surface area (Å²) in [5, 5.41) is 3.57. The van der Waals surface area contributed by atoms with Gasteiger partial charge in [0.15, 0.2) is 0 Å². The predicted molar refractivity (Wildman–Crippen MR) is 60.6 cm³/mol. The summed E-state index contributed by atoms with van der Waals surface area (Å²) < 4.78 is 0. The predicted octanol–water partition coefficient (Wildman–Crippen LogP) is 2.19. The molecular formula is C12H18N2. The van der Waals surface area contributed by atoms with Gasteiger partial charge in [0.25, 0.3) is 0 Å². The Bertz CT molecular complexity index is 271. The highest BCUT2D eigenvalue weighted by Crippen LogP contribution is 2.14. The van der Waals surface area contributed by atoms with Crippen LogP contribution in [0.25, 0.3) is 0 Å². The zero-order valence-corrected chi connectivity index (χ0v) is 8.74. The van der Waals surface area contributed by atoms with E-state index in [9.17, 15) is 0 Å². The van der Waals surface area contributed by atoms with Gasteiger partial charge in [0.1, 0.15) is 0 Å². The van der Waals surface area contributed by atoms with Crippen molar-refractivity contribution in [3.05, 3.63) is 30.3 Å². The topological polar surface area (TPSA) is 15.3 Å². The van der Waals surface area contributed by atoms with Crippen LogP contribution in [0.4, 0.5) is 5.69 Å². The van der Waals surface area contributed by atoms with Crippen LogP contribution >= 0.6 is 0 Å². The van der Waals surface area contributed by atoms with Crippen molar-refractivity contribution in [2.75, 3.05) is 25.5 Å². The highest BCUT2D eigenvalue weighted by atomic mass is 15.1. The fraction of sp³-hybridized carbons (Fsp3) is 0.500. The van der Waals surface area contributed by atoms with Crippen LogP contribution in [0, 0.1) is 0 Å². The molecule has 1 N–H and O–H groups in total. The van der Waals surface area contributed by atoms with Crippen LogP contribution in [-0.4, -0.2) is 31.1 Å². The average molecular weight is 190 g/mol. The molecule has 2 heteroatoms. The van der Waals surface area contributed by atoms with Crippen molar-refractivity contribution in [3.8, 4) is 0 Å². The van der Waals surface area contributed by atoms with Gasteiger partial charge in [-0.3, -0.25) is 0 Å². The molecule has 0 bridgehead atoms. The maximum Gasteiger partial charge on any atom is 0.0388 e. The minimum absolute atomic E-state index is 0.621. The Morgan fingerprint density at radius 1 is 1.29 bits per heavy atom. The van der Waals surface area contributed by atoms with Gasteiger partial charge in [0.05, 0.1) is 0 Å². The van der Waals surface area contributed by atoms with E-state index in [1.54, 1.807) is 0 Å². The van der Waals surface area contributed by atoms with Gasteiger partial charge in [0.2, 0.25) is 0 Å². The number of anilines is 1. The average Bonchev–Trinajstić information content (AvgIpc) is 2.19. The summed E-state index contributed by atoms with van der Waals surface area (Å²) in [5.74, 6) is 0. The normalized spacial score (nSPS) is 23.4. The Morgan fingerprint density at radius 3 is 2.79 bits per heavy atom. The summed E-state index contributed by atoms with van der Waals surface area (Å²) in [6.07, 6.45) is 2.60. The molecule has 0 aliphatic carbocycles. The Hall–Kier alpha value is -1.02. The molecule has 1 fully saturated rings. The van der Waals surface area contributed by atoms with E-state index in [-0.39, 0.29) is 0 Å². The second-order valence-electron chi connectivity index (χ2n) is 4.11. The number of likely N-dealkylation sites (N-methyl/N-ethyl adjacent to an activating group) is 1. The molecule has 0 aromatic heterocycles. The quantitative estimate of drug-likeness (QED) is 0.769. The third kappa shape index (κ3) is 2.48. The monoisotopic (exact) mass is 190 g/mol. The second-order valence-corrected chi connectivity index (χ2v) is 4.11. The van der Waals surface area contributed by atoms with E-state index in [2.05, 4.69) is 47.6 Å². The highest BCUT2D eigenvalue weighted by molar-refractivity contribution is 5.43. The molecule has 0 unspecified atom stereocenters. The summed E-state index contributed by atoms with van der Waals surface area (Å²) in [6, 6.07) is 11.1. The van der Waals surface area contributed by atoms with Crippen molar-refractivity contribution >= 4 is 5.69 Å². The third-order valence-corrected chi connectivity index (χ3v) is 2.77. The van der Waals surface area contributed by atoms with Gasteiger partial charge < -0.3 is 10.2 Å². The smallest absolute Gasteiger partial charge is 0.0388 e. The molecule has 1 aromatic rings. The van der Waals surface area contributed by atoms with Gasteiger partial charge in [0, 0.05) is 18.3 Å². The van der Waals surface area contributed by atoms with Gasteiger partial charge in [-0.1, -0.05) is 18.2 Å². The first-order valence-corrected chi connectivity index (χ1v) is 5.35. The number of benzene rings is 1. The van der Waals surface area contributed by atoms with E-state index >= 15 is 0 Å². The maximum absolute atomic E-state index is 3.57. The van der Waals surface area contributed by atoms with Crippen LogP contribution in [-0.2, 0) is 0 Å². The van der Waals surface area contributed by atoms with Crippen LogP contribution in [0.3, 0.4) is 0 Å². The van der Waals surface area contributed by atoms with E-state index < -0.39 is 0 Å². The van der Waals surface area contributed by atoms with Crippen LogP contribution in [0.1, 0.15) is 12.8 Å². The third-order valence-electron chi connectivity index (χ3n) is 2.77.